The molecule has 10 nitrogen and oxygen atoms in total. The highest BCUT2D eigenvalue weighted by Crippen LogP contribution is 2.45. The van der Waals surface area contributed by atoms with Crippen molar-refractivity contribution >= 4 is 70.6 Å². The van der Waals surface area contributed by atoms with Gasteiger partial charge in [0.1, 0.15) is 18.2 Å². The van der Waals surface area contributed by atoms with Crippen molar-refractivity contribution in [3.63, 3.8) is 0 Å². The predicted octanol–water partition coefficient (Wildman–Crippen LogP) is 10.8. The molecule has 1 aliphatic heterocycles. The van der Waals surface area contributed by atoms with Crippen molar-refractivity contribution < 1.29 is 24.2 Å². The Morgan fingerprint density at radius 3 is 2.39 bits per heavy atom. The molecule has 0 saturated carbocycles. The molecule has 0 radical (unpaired) electrons. The molecule has 0 saturated heterocycles. The second-order valence-corrected chi connectivity index (χ2v) is 23.1. The molecule has 1 atom stereocenters. The van der Waals surface area contributed by atoms with Gasteiger partial charge in [-0.05, 0) is 107 Å². The lowest BCUT2D eigenvalue weighted by atomic mass is 9.98. The zero-order chi connectivity index (χ0) is 41.1. The Kier molecular flexibility index (Phi) is 11.2. The molecule has 0 spiro atoms. The first-order valence-electron chi connectivity index (χ1n) is 19.5. The molecule has 57 heavy (non-hydrogen) atoms. The first kappa shape index (κ1) is 40.6. The average molecular weight is 829 g/mol. The zero-order valence-corrected chi connectivity index (χ0v) is 36.7. The van der Waals surface area contributed by atoms with Crippen LogP contribution in [0.5, 0.6) is 5.75 Å². The number of nitrogens with zero attached hydrogens (tertiary/aromatic N) is 5. The zero-order valence-electron chi connectivity index (χ0n) is 34.2. The summed E-state index contributed by atoms with van der Waals surface area (Å²) in [6.45, 7) is 18.8. The van der Waals surface area contributed by atoms with Gasteiger partial charge in [-0.2, -0.15) is 5.10 Å². The molecule has 300 valence electrons. The Morgan fingerprint density at radius 2 is 1.70 bits per heavy atom. The Balaban J connectivity index is 1.34. The van der Waals surface area contributed by atoms with Gasteiger partial charge in [0.05, 0.1) is 33.9 Å². The van der Waals surface area contributed by atoms with Crippen LogP contribution in [0, 0.1) is 27.7 Å². The third-order valence-electron chi connectivity index (χ3n) is 11.2. The third-order valence-corrected chi connectivity index (χ3v) is 13.8. The fourth-order valence-corrected chi connectivity index (χ4v) is 9.33. The summed E-state index contributed by atoms with van der Waals surface area (Å²) in [6, 6.07) is 14.0. The summed E-state index contributed by atoms with van der Waals surface area (Å²) in [5.74, 6) is -0.490. The lowest BCUT2D eigenvalue weighted by Gasteiger charge is -2.34. The van der Waals surface area contributed by atoms with E-state index in [1.807, 2.05) is 80.5 Å². The van der Waals surface area contributed by atoms with Crippen LogP contribution in [0.2, 0.25) is 35.7 Å². The van der Waals surface area contributed by atoms with Gasteiger partial charge in [-0.3, -0.25) is 4.79 Å². The van der Waals surface area contributed by atoms with E-state index in [1.54, 1.807) is 17.0 Å². The minimum absolute atomic E-state index is 0.154. The maximum absolute atomic E-state index is 15.1. The summed E-state index contributed by atoms with van der Waals surface area (Å²) in [4.78, 5) is 29.3. The van der Waals surface area contributed by atoms with Crippen molar-refractivity contribution in [2.75, 3.05) is 24.7 Å². The van der Waals surface area contributed by atoms with E-state index >= 15 is 4.79 Å². The van der Waals surface area contributed by atoms with E-state index in [0.29, 0.717) is 61.1 Å². The standard InChI is InChI=1S/C44H51Cl2N5O5Si/c1-25-19-31(20-26(2)40(25)46)56-16-10-11-33-34-12-13-36(45)39(38-28(4)47-50(29(38)5)24-55-17-18-57(7,8)9)41(34)51-27(3)23-49(43(52)42(33)51)30-21-35(44(53)54)32-14-15-48(6)37(32)22-30/h12-15,19-22,27H,10-11,16-18,23-24H2,1-9H3,(H,53,54)/t27-/m1/s1. The Morgan fingerprint density at radius 1 is 0.982 bits per heavy atom. The maximum atomic E-state index is 15.1. The number of carbonyl (C=O) groups is 2. The van der Waals surface area contributed by atoms with Crippen LogP contribution in [0.1, 0.15) is 68.3 Å². The van der Waals surface area contributed by atoms with Crippen LogP contribution in [0.4, 0.5) is 5.69 Å². The van der Waals surface area contributed by atoms with E-state index in [1.165, 1.54) is 0 Å². The van der Waals surface area contributed by atoms with E-state index in [0.717, 1.165) is 72.4 Å². The van der Waals surface area contributed by atoms with Crippen molar-refractivity contribution in [3.05, 3.63) is 98.0 Å². The molecule has 3 aromatic carbocycles. The number of aryl methyl sites for hydroxylation is 5. The summed E-state index contributed by atoms with van der Waals surface area (Å²) >= 11 is 13.6. The number of carbonyl (C=O) groups excluding carboxylic acids is 1. The van der Waals surface area contributed by atoms with Gasteiger partial charge in [-0.1, -0.05) is 48.9 Å². The number of benzene rings is 3. The number of rotatable bonds is 13. The molecule has 7 rings (SSSR count). The van der Waals surface area contributed by atoms with Crippen LogP contribution in [0.25, 0.3) is 32.9 Å². The first-order chi connectivity index (χ1) is 27.0. The first-order valence-corrected chi connectivity index (χ1v) is 23.9. The van der Waals surface area contributed by atoms with Crippen LogP contribution in [-0.4, -0.2) is 63.7 Å². The molecular weight excluding hydrogens is 778 g/mol. The van der Waals surface area contributed by atoms with E-state index in [4.69, 9.17) is 37.8 Å². The monoisotopic (exact) mass is 827 g/mol. The molecule has 1 N–H and O–H groups in total. The fourth-order valence-electron chi connectivity index (χ4n) is 8.22. The van der Waals surface area contributed by atoms with Crippen molar-refractivity contribution in [3.8, 4) is 16.9 Å². The van der Waals surface area contributed by atoms with E-state index in [2.05, 4.69) is 31.1 Å². The van der Waals surface area contributed by atoms with Gasteiger partial charge in [0.15, 0.2) is 0 Å². The molecule has 13 heteroatoms. The van der Waals surface area contributed by atoms with Gasteiger partial charge in [0, 0.05) is 78.8 Å². The number of halogens is 2. The highest BCUT2D eigenvalue weighted by molar-refractivity contribution is 6.76. The second kappa shape index (κ2) is 15.7. The number of fused-ring (bicyclic) bond motifs is 4. The lowest BCUT2D eigenvalue weighted by Crippen LogP contribution is -2.42. The average Bonchev–Trinajstić information content (AvgIpc) is 3.78. The highest BCUT2D eigenvalue weighted by Gasteiger charge is 2.37. The fraction of sp³-hybridized carbons (Fsp3) is 0.386. The van der Waals surface area contributed by atoms with Gasteiger partial charge in [-0.15, -0.1) is 0 Å². The van der Waals surface area contributed by atoms with E-state index < -0.39 is 14.0 Å². The van der Waals surface area contributed by atoms with Crippen LogP contribution in [0.15, 0.2) is 48.7 Å². The largest absolute Gasteiger partial charge is 0.494 e. The topological polar surface area (TPSA) is 104 Å². The van der Waals surface area contributed by atoms with Crippen molar-refractivity contribution in [2.24, 2.45) is 7.05 Å². The molecular formula is C44H51Cl2N5O5Si. The quantitative estimate of drug-likeness (QED) is 0.0918. The van der Waals surface area contributed by atoms with E-state index in [9.17, 15) is 9.90 Å². The van der Waals surface area contributed by atoms with Gasteiger partial charge in [0.2, 0.25) is 0 Å². The van der Waals surface area contributed by atoms with Gasteiger partial charge in [0.25, 0.3) is 5.91 Å². The summed E-state index contributed by atoms with van der Waals surface area (Å²) < 4.78 is 18.3. The van der Waals surface area contributed by atoms with Crippen molar-refractivity contribution in [2.45, 2.75) is 85.9 Å². The number of ether oxygens (including phenoxy) is 2. The lowest BCUT2D eigenvalue weighted by molar-refractivity contribution is 0.0698. The number of carboxylic acid groups (broad SMARTS) is 1. The molecule has 1 aliphatic rings. The number of hydrogen-bond acceptors (Lipinski definition) is 5. The van der Waals surface area contributed by atoms with Crippen LogP contribution in [0.3, 0.4) is 0 Å². The van der Waals surface area contributed by atoms with Crippen molar-refractivity contribution in [1.29, 1.82) is 0 Å². The minimum atomic E-state index is -1.26. The number of carboxylic acids is 1. The number of anilines is 1. The maximum Gasteiger partial charge on any atom is 0.336 e. The predicted molar refractivity (Wildman–Crippen MR) is 233 cm³/mol. The summed E-state index contributed by atoms with van der Waals surface area (Å²) in [5.41, 5.74) is 9.19. The highest BCUT2D eigenvalue weighted by atomic mass is 35.5. The van der Waals surface area contributed by atoms with Crippen LogP contribution in [-0.2, 0) is 24.9 Å². The molecule has 1 amide bonds. The summed E-state index contributed by atoms with van der Waals surface area (Å²) in [6.07, 6.45) is 3.02. The van der Waals surface area contributed by atoms with Gasteiger partial charge >= 0.3 is 5.97 Å². The molecule has 0 bridgehead atoms. The Hall–Kier alpha value is -4.55. The number of hydrogen-bond donors (Lipinski definition) is 1. The van der Waals surface area contributed by atoms with Crippen molar-refractivity contribution in [1.82, 2.24) is 18.9 Å². The number of aromatic nitrogens is 4. The Labute approximate surface area is 344 Å². The van der Waals surface area contributed by atoms with Gasteiger partial charge in [-0.25, -0.2) is 9.48 Å². The van der Waals surface area contributed by atoms with E-state index in [-0.39, 0.29) is 17.5 Å². The van der Waals surface area contributed by atoms with Crippen LogP contribution >= 0.6 is 23.2 Å². The molecule has 0 unspecified atom stereocenters. The van der Waals surface area contributed by atoms with Gasteiger partial charge < -0.3 is 28.6 Å². The normalized spacial score (nSPS) is 14.6. The number of aromatic carboxylic acids is 1. The Bertz CT molecular complexity index is 2540. The van der Waals surface area contributed by atoms with Crippen LogP contribution < -0.4 is 9.64 Å². The summed E-state index contributed by atoms with van der Waals surface area (Å²) in [5, 5.41) is 18.0. The molecule has 0 aliphatic carbocycles. The third kappa shape index (κ3) is 7.62. The SMILES string of the molecule is Cc1cc(OCCCc2c3n(c4c(-c5c(C)nn(COCC[Si](C)(C)C)c5C)c(Cl)ccc24)[C@H](C)CN(c2cc(C(=O)O)c4ccn(C)c4c2)C3=O)cc(C)c1Cl. The molecule has 3 aromatic heterocycles. The number of amides is 1. The smallest absolute Gasteiger partial charge is 0.336 e. The molecule has 0 fully saturated rings. The summed E-state index contributed by atoms with van der Waals surface area (Å²) in [7, 11) is 0.617. The second-order valence-electron chi connectivity index (χ2n) is 16.7. The minimum Gasteiger partial charge on any atom is -0.494 e. The molecule has 4 heterocycles. The molecule has 6 aromatic rings.